The Morgan fingerprint density at radius 2 is 2.00 bits per heavy atom. The van der Waals surface area contributed by atoms with Crippen molar-refractivity contribution >= 4 is 0 Å². The molecule has 6 bridgehead atoms. The SMILES string of the molecule is CCN[C@H]1[C@H]2[C@@H]3C[C@H]4[C@@H]5C[C@H]([C@H]42)[C@@]1(C)[C@@H]53. The number of hydrogen-bond donors (Lipinski definition) is 1. The highest BCUT2D eigenvalue weighted by Gasteiger charge is 2.84. The summed E-state index contributed by atoms with van der Waals surface area (Å²) in [6, 6.07) is 0.907. The maximum atomic E-state index is 3.86. The third-order valence-corrected chi connectivity index (χ3v) is 7.44. The van der Waals surface area contributed by atoms with Crippen molar-refractivity contribution in [2.24, 2.45) is 46.8 Å². The Balaban J connectivity index is 1.72. The molecule has 0 aliphatic heterocycles. The number of rotatable bonds is 2. The molecule has 82 valence electrons. The minimum absolute atomic E-state index is 0.730. The van der Waals surface area contributed by atoms with E-state index in [2.05, 4.69) is 19.2 Å². The maximum Gasteiger partial charge on any atom is 0.0160 e. The van der Waals surface area contributed by atoms with Crippen LogP contribution in [0.4, 0.5) is 0 Å². The van der Waals surface area contributed by atoms with E-state index in [0.717, 1.165) is 35.1 Å². The number of nitrogens with one attached hydrogen (secondary N) is 1. The lowest BCUT2D eigenvalue weighted by atomic mass is 9.64. The highest BCUT2D eigenvalue weighted by atomic mass is 15.0. The van der Waals surface area contributed by atoms with Crippen LogP contribution in [0, 0.1) is 46.8 Å². The van der Waals surface area contributed by atoms with E-state index in [9.17, 15) is 0 Å². The van der Waals surface area contributed by atoms with Gasteiger partial charge in [0.2, 0.25) is 0 Å². The Labute approximate surface area is 92.0 Å². The van der Waals surface area contributed by atoms with E-state index in [1.165, 1.54) is 24.3 Å². The molecule has 6 saturated carbocycles. The van der Waals surface area contributed by atoms with Gasteiger partial charge in [-0.2, -0.15) is 0 Å². The van der Waals surface area contributed by atoms with E-state index in [-0.39, 0.29) is 0 Å². The van der Waals surface area contributed by atoms with Gasteiger partial charge in [-0.05, 0) is 66.2 Å². The van der Waals surface area contributed by atoms with Gasteiger partial charge in [-0.3, -0.25) is 0 Å². The lowest BCUT2D eigenvalue weighted by Crippen LogP contribution is -2.42. The molecule has 0 aromatic heterocycles. The van der Waals surface area contributed by atoms with E-state index in [1.807, 2.05) is 0 Å². The fraction of sp³-hybridized carbons (Fsp3) is 1.00. The van der Waals surface area contributed by atoms with Crippen LogP contribution in [-0.4, -0.2) is 12.6 Å². The molecule has 15 heavy (non-hydrogen) atoms. The summed E-state index contributed by atoms with van der Waals surface area (Å²) in [6.45, 7) is 6.12. The molecule has 6 aliphatic carbocycles. The van der Waals surface area contributed by atoms with Gasteiger partial charge in [-0.1, -0.05) is 13.8 Å². The second kappa shape index (κ2) is 2.03. The molecule has 0 saturated heterocycles. The largest absolute Gasteiger partial charge is 0.313 e. The van der Waals surface area contributed by atoms with Gasteiger partial charge < -0.3 is 5.32 Å². The number of hydrogen-bond acceptors (Lipinski definition) is 1. The summed E-state index contributed by atoms with van der Waals surface area (Å²) in [4.78, 5) is 0. The molecule has 0 amide bonds. The summed E-state index contributed by atoms with van der Waals surface area (Å²) in [6.07, 6.45) is 3.24. The molecule has 9 atom stereocenters. The molecule has 0 aromatic carbocycles. The minimum atomic E-state index is 0.730. The third-order valence-electron chi connectivity index (χ3n) is 7.44. The molecule has 0 heterocycles. The first-order chi connectivity index (χ1) is 7.28. The standard InChI is InChI=1S/C14H21N/c1-3-15-13-11-8-4-6-7-5-9(10(6)11)14(13,2)12(7)8/h6-13,15H,3-5H2,1-2H3/t6-,7-,8-,9+,10-,11-,12-,13-,14-/m0/s1. The molecular weight excluding hydrogens is 182 g/mol. The predicted molar refractivity (Wildman–Crippen MR) is 59.2 cm³/mol. The normalized spacial score (nSPS) is 75.6. The fourth-order valence-electron chi connectivity index (χ4n) is 7.70. The monoisotopic (exact) mass is 203 g/mol. The van der Waals surface area contributed by atoms with Gasteiger partial charge in [0.1, 0.15) is 0 Å². The zero-order chi connectivity index (χ0) is 9.95. The first kappa shape index (κ1) is 8.11. The van der Waals surface area contributed by atoms with E-state index in [4.69, 9.17) is 0 Å². The van der Waals surface area contributed by atoms with Crippen LogP contribution in [0.1, 0.15) is 26.7 Å². The van der Waals surface area contributed by atoms with Crippen molar-refractivity contribution in [3.63, 3.8) is 0 Å². The topological polar surface area (TPSA) is 12.0 Å². The first-order valence-corrected chi connectivity index (χ1v) is 7.02. The van der Waals surface area contributed by atoms with Crippen LogP contribution in [0.5, 0.6) is 0 Å². The van der Waals surface area contributed by atoms with E-state index in [0.29, 0.717) is 0 Å². The lowest BCUT2D eigenvalue weighted by Gasteiger charge is -2.40. The summed E-state index contributed by atoms with van der Waals surface area (Å²) in [5, 5.41) is 3.86. The minimum Gasteiger partial charge on any atom is -0.313 e. The summed E-state index contributed by atoms with van der Waals surface area (Å²) >= 11 is 0. The fourth-order valence-corrected chi connectivity index (χ4v) is 7.70. The highest BCUT2D eigenvalue weighted by molar-refractivity contribution is 5.33. The van der Waals surface area contributed by atoms with E-state index >= 15 is 0 Å². The summed E-state index contributed by atoms with van der Waals surface area (Å²) < 4.78 is 0. The smallest absolute Gasteiger partial charge is 0.0160 e. The van der Waals surface area contributed by atoms with Crippen molar-refractivity contribution in [3.05, 3.63) is 0 Å². The molecule has 0 spiro atoms. The van der Waals surface area contributed by atoms with Gasteiger partial charge in [-0.15, -0.1) is 0 Å². The molecule has 0 radical (unpaired) electrons. The van der Waals surface area contributed by atoms with Gasteiger partial charge in [0, 0.05) is 6.04 Å². The van der Waals surface area contributed by atoms with Crippen molar-refractivity contribution in [3.8, 4) is 0 Å². The van der Waals surface area contributed by atoms with Gasteiger partial charge in [-0.25, -0.2) is 0 Å². The summed E-state index contributed by atoms with van der Waals surface area (Å²) in [7, 11) is 0. The van der Waals surface area contributed by atoms with Crippen LogP contribution in [0.2, 0.25) is 0 Å². The molecule has 1 nitrogen and oxygen atoms in total. The average molecular weight is 203 g/mol. The van der Waals surface area contributed by atoms with Gasteiger partial charge >= 0.3 is 0 Å². The van der Waals surface area contributed by atoms with Crippen LogP contribution < -0.4 is 5.32 Å². The average Bonchev–Trinajstić information content (AvgIpc) is 2.85. The Kier molecular flexibility index (Phi) is 1.10. The summed E-state index contributed by atoms with van der Waals surface area (Å²) in [5.41, 5.74) is 0.730. The molecule has 1 heteroatoms. The van der Waals surface area contributed by atoms with Crippen molar-refractivity contribution in [2.45, 2.75) is 32.7 Å². The van der Waals surface area contributed by atoms with Crippen LogP contribution in [0.3, 0.4) is 0 Å². The molecule has 0 unspecified atom stereocenters. The van der Waals surface area contributed by atoms with Gasteiger partial charge in [0.05, 0.1) is 0 Å². The zero-order valence-corrected chi connectivity index (χ0v) is 9.74. The molecule has 6 aliphatic rings. The third kappa shape index (κ3) is 0.537. The van der Waals surface area contributed by atoms with Crippen molar-refractivity contribution in [2.75, 3.05) is 6.54 Å². The van der Waals surface area contributed by atoms with Crippen LogP contribution in [0.25, 0.3) is 0 Å². The quantitative estimate of drug-likeness (QED) is 0.725. The van der Waals surface area contributed by atoms with Crippen LogP contribution in [0.15, 0.2) is 0 Å². The molecule has 6 rings (SSSR count). The predicted octanol–water partition coefficient (Wildman–Crippen LogP) is 2.13. The summed E-state index contributed by atoms with van der Waals surface area (Å²) in [5.74, 6) is 8.06. The van der Waals surface area contributed by atoms with E-state index < -0.39 is 0 Å². The van der Waals surface area contributed by atoms with Crippen molar-refractivity contribution < 1.29 is 0 Å². The Morgan fingerprint density at radius 3 is 2.73 bits per heavy atom. The molecule has 1 N–H and O–H groups in total. The molecular formula is C14H21N. The highest BCUT2D eigenvalue weighted by Crippen LogP contribution is 2.86. The Morgan fingerprint density at radius 1 is 1.13 bits per heavy atom. The van der Waals surface area contributed by atoms with E-state index in [1.54, 1.807) is 12.8 Å². The molecule has 0 aromatic rings. The first-order valence-electron chi connectivity index (χ1n) is 7.02. The van der Waals surface area contributed by atoms with Gasteiger partial charge in [0.15, 0.2) is 0 Å². The second-order valence-electron chi connectivity index (χ2n) is 7.15. The lowest BCUT2D eigenvalue weighted by molar-refractivity contribution is 0.0654. The zero-order valence-electron chi connectivity index (χ0n) is 9.74. The maximum absolute atomic E-state index is 3.86. The Hall–Kier alpha value is -0.0400. The van der Waals surface area contributed by atoms with Crippen molar-refractivity contribution in [1.29, 1.82) is 0 Å². The molecule has 6 fully saturated rings. The second-order valence-corrected chi connectivity index (χ2v) is 7.15. The van der Waals surface area contributed by atoms with Crippen LogP contribution in [-0.2, 0) is 0 Å². The van der Waals surface area contributed by atoms with Crippen LogP contribution >= 0.6 is 0 Å². The van der Waals surface area contributed by atoms with Gasteiger partial charge in [0.25, 0.3) is 0 Å². The Bertz CT molecular complexity index is 351. The van der Waals surface area contributed by atoms with Crippen molar-refractivity contribution in [1.82, 2.24) is 5.32 Å².